The zero-order chi connectivity index (χ0) is 14.5. The smallest absolute Gasteiger partial charge is 0.263 e. The molecule has 0 aliphatic rings. The van der Waals surface area contributed by atoms with Crippen molar-refractivity contribution in [3.63, 3.8) is 0 Å². The Kier molecular flexibility index (Phi) is 5.04. The van der Waals surface area contributed by atoms with Crippen molar-refractivity contribution in [1.82, 2.24) is 5.32 Å². The maximum atomic E-state index is 13.0. The number of benzene rings is 2. The summed E-state index contributed by atoms with van der Waals surface area (Å²) in [5.41, 5.74) is 1.62. The maximum absolute atomic E-state index is 13.0. The molecule has 20 heavy (non-hydrogen) atoms. The number of rotatable bonds is 5. The van der Waals surface area contributed by atoms with Crippen LogP contribution in [0.1, 0.15) is 23.1 Å². The molecule has 1 N–H and O–H groups in total. The van der Waals surface area contributed by atoms with Gasteiger partial charge in [-0.1, -0.05) is 35.9 Å². The number of halogens is 4. The van der Waals surface area contributed by atoms with Crippen LogP contribution in [0.25, 0.3) is 0 Å². The lowest BCUT2D eigenvalue weighted by Crippen LogP contribution is -2.12. The molecular weight excluding hydrogens is 287 g/mol. The minimum Gasteiger partial charge on any atom is -0.309 e. The fraction of sp³-hybridized carbons (Fsp3) is 0.200. The molecule has 0 aliphatic carbocycles. The molecule has 106 valence electrons. The summed E-state index contributed by atoms with van der Waals surface area (Å²) in [6.07, 6.45) is -2.47. The first-order valence-electron chi connectivity index (χ1n) is 6.08. The fourth-order valence-corrected chi connectivity index (χ4v) is 2.04. The van der Waals surface area contributed by atoms with Gasteiger partial charge in [0.1, 0.15) is 5.82 Å². The predicted octanol–water partition coefficient (Wildman–Crippen LogP) is 4.71. The lowest BCUT2D eigenvalue weighted by atomic mass is 10.1. The van der Waals surface area contributed by atoms with E-state index in [0.717, 1.165) is 11.1 Å². The highest BCUT2D eigenvalue weighted by Crippen LogP contribution is 2.19. The molecule has 0 fully saturated rings. The molecule has 2 rings (SSSR count). The SMILES string of the molecule is Fc1ccc(CNCc2cccc(C(F)F)c2)cc1Cl. The van der Waals surface area contributed by atoms with Gasteiger partial charge >= 0.3 is 0 Å². The second-order valence-electron chi connectivity index (χ2n) is 4.40. The monoisotopic (exact) mass is 299 g/mol. The van der Waals surface area contributed by atoms with Gasteiger partial charge in [0.05, 0.1) is 5.02 Å². The highest BCUT2D eigenvalue weighted by molar-refractivity contribution is 6.30. The van der Waals surface area contributed by atoms with E-state index >= 15 is 0 Å². The van der Waals surface area contributed by atoms with Crippen LogP contribution in [0, 0.1) is 5.82 Å². The second-order valence-corrected chi connectivity index (χ2v) is 4.80. The Hall–Kier alpha value is -1.52. The van der Waals surface area contributed by atoms with Gasteiger partial charge in [0.2, 0.25) is 0 Å². The second kappa shape index (κ2) is 6.77. The molecule has 5 heteroatoms. The van der Waals surface area contributed by atoms with Crippen molar-refractivity contribution >= 4 is 11.6 Å². The normalized spacial score (nSPS) is 11.1. The van der Waals surface area contributed by atoms with Crippen LogP contribution >= 0.6 is 11.6 Å². The van der Waals surface area contributed by atoms with E-state index in [1.54, 1.807) is 24.3 Å². The van der Waals surface area contributed by atoms with Crippen molar-refractivity contribution in [2.24, 2.45) is 0 Å². The highest BCUT2D eigenvalue weighted by atomic mass is 35.5. The van der Waals surface area contributed by atoms with Gasteiger partial charge in [0.25, 0.3) is 6.43 Å². The van der Waals surface area contributed by atoms with E-state index in [0.29, 0.717) is 13.1 Å². The van der Waals surface area contributed by atoms with E-state index < -0.39 is 12.2 Å². The first kappa shape index (κ1) is 14.9. The van der Waals surface area contributed by atoms with Crippen LogP contribution in [0.15, 0.2) is 42.5 Å². The Morgan fingerprint density at radius 3 is 2.35 bits per heavy atom. The van der Waals surface area contributed by atoms with Gasteiger partial charge in [0, 0.05) is 18.7 Å². The van der Waals surface area contributed by atoms with Crippen molar-refractivity contribution in [3.8, 4) is 0 Å². The lowest BCUT2D eigenvalue weighted by Gasteiger charge is -2.07. The summed E-state index contributed by atoms with van der Waals surface area (Å²) in [7, 11) is 0. The van der Waals surface area contributed by atoms with E-state index in [1.165, 1.54) is 18.2 Å². The molecule has 0 atom stereocenters. The maximum Gasteiger partial charge on any atom is 0.263 e. The zero-order valence-corrected chi connectivity index (χ0v) is 11.3. The van der Waals surface area contributed by atoms with Crippen LogP contribution in [0.4, 0.5) is 13.2 Å². The fourth-order valence-electron chi connectivity index (χ4n) is 1.84. The van der Waals surface area contributed by atoms with Crippen LogP contribution < -0.4 is 5.32 Å². The molecule has 2 aromatic rings. The number of hydrogen-bond donors (Lipinski definition) is 1. The van der Waals surface area contributed by atoms with Crippen LogP contribution in [0.3, 0.4) is 0 Å². The predicted molar refractivity (Wildman–Crippen MR) is 73.4 cm³/mol. The molecule has 0 amide bonds. The minimum atomic E-state index is -2.47. The Bertz CT molecular complexity index is 587. The molecule has 0 saturated carbocycles. The molecule has 0 heterocycles. The number of alkyl halides is 2. The molecule has 0 radical (unpaired) electrons. The standard InChI is InChI=1S/C15H13ClF3N/c16-13-7-11(4-5-14(13)17)9-20-8-10-2-1-3-12(6-10)15(18)19/h1-7,15,20H,8-9H2. The third-order valence-corrected chi connectivity index (χ3v) is 3.13. The van der Waals surface area contributed by atoms with Crippen LogP contribution in [0.5, 0.6) is 0 Å². The van der Waals surface area contributed by atoms with Crippen LogP contribution in [-0.4, -0.2) is 0 Å². The molecule has 1 nitrogen and oxygen atoms in total. The van der Waals surface area contributed by atoms with E-state index in [4.69, 9.17) is 11.6 Å². The van der Waals surface area contributed by atoms with E-state index in [1.807, 2.05) is 0 Å². The topological polar surface area (TPSA) is 12.0 Å². The quantitative estimate of drug-likeness (QED) is 0.843. The van der Waals surface area contributed by atoms with Crippen molar-refractivity contribution in [2.75, 3.05) is 0 Å². The van der Waals surface area contributed by atoms with Gasteiger partial charge in [-0.15, -0.1) is 0 Å². The summed E-state index contributed by atoms with van der Waals surface area (Å²) in [5.74, 6) is -0.458. The van der Waals surface area contributed by atoms with Crippen LogP contribution in [-0.2, 0) is 13.1 Å². The largest absolute Gasteiger partial charge is 0.309 e. The summed E-state index contributed by atoms with van der Waals surface area (Å²) in [4.78, 5) is 0. The number of hydrogen-bond acceptors (Lipinski definition) is 1. The zero-order valence-electron chi connectivity index (χ0n) is 10.5. The van der Waals surface area contributed by atoms with Gasteiger partial charge in [-0.3, -0.25) is 0 Å². The molecular formula is C15H13ClF3N. The summed E-state index contributed by atoms with van der Waals surface area (Å²) in [6, 6.07) is 10.7. The molecule has 2 aromatic carbocycles. The average molecular weight is 300 g/mol. The highest BCUT2D eigenvalue weighted by Gasteiger charge is 2.07. The first-order chi connectivity index (χ1) is 9.56. The van der Waals surface area contributed by atoms with Gasteiger partial charge in [-0.05, 0) is 29.3 Å². The van der Waals surface area contributed by atoms with Crippen LogP contribution in [0.2, 0.25) is 5.02 Å². The van der Waals surface area contributed by atoms with E-state index in [9.17, 15) is 13.2 Å². The Morgan fingerprint density at radius 1 is 1.00 bits per heavy atom. The molecule has 0 saturated heterocycles. The molecule has 0 aliphatic heterocycles. The summed E-state index contributed by atoms with van der Waals surface area (Å²) in [5, 5.41) is 3.18. The number of nitrogens with one attached hydrogen (secondary N) is 1. The van der Waals surface area contributed by atoms with Crippen molar-refractivity contribution in [2.45, 2.75) is 19.5 Å². The molecule has 0 spiro atoms. The first-order valence-corrected chi connectivity index (χ1v) is 6.45. The van der Waals surface area contributed by atoms with Crippen molar-refractivity contribution in [1.29, 1.82) is 0 Å². The minimum absolute atomic E-state index is 0.00845. The van der Waals surface area contributed by atoms with Gasteiger partial charge in [0.15, 0.2) is 0 Å². The third-order valence-electron chi connectivity index (χ3n) is 2.85. The lowest BCUT2D eigenvalue weighted by molar-refractivity contribution is 0.151. The van der Waals surface area contributed by atoms with E-state index in [2.05, 4.69) is 5.32 Å². The Labute approximate surface area is 120 Å². The van der Waals surface area contributed by atoms with E-state index in [-0.39, 0.29) is 10.6 Å². The molecule has 0 aromatic heterocycles. The average Bonchev–Trinajstić information content (AvgIpc) is 2.43. The summed E-state index contributed by atoms with van der Waals surface area (Å²) >= 11 is 5.68. The third kappa shape index (κ3) is 3.99. The molecule has 0 bridgehead atoms. The van der Waals surface area contributed by atoms with Gasteiger partial charge < -0.3 is 5.32 Å². The van der Waals surface area contributed by atoms with Crippen molar-refractivity contribution < 1.29 is 13.2 Å². The Morgan fingerprint density at radius 2 is 1.70 bits per heavy atom. The molecule has 0 unspecified atom stereocenters. The van der Waals surface area contributed by atoms with Crippen molar-refractivity contribution in [3.05, 3.63) is 70.0 Å². The Balaban J connectivity index is 1.92. The van der Waals surface area contributed by atoms with Gasteiger partial charge in [-0.2, -0.15) is 0 Å². The summed E-state index contributed by atoms with van der Waals surface area (Å²) in [6.45, 7) is 0.939. The van der Waals surface area contributed by atoms with Gasteiger partial charge in [-0.25, -0.2) is 13.2 Å². The summed E-state index contributed by atoms with van der Waals surface area (Å²) < 4.78 is 38.1.